The topological polar surface area (TPSA) is 123 Å². The largest absolute Gasteiger partial charge is 0.497 e. The van der Waals surface area contributed by atoms with E-state index in [1.807, 2.05) is 54.6 Å². The second kappa shape index (κ2) is 14.2. The summed E-state index contributed by atoms with van der Waals surface area (Å²) in [5.41, 5.74) is 2.82. The standard InChI is InChI=1S/C31H34F3N3O6S/c1-20-8-14-26(15-9-20)44(40,41)37-27-17-24(19-36-29(27)43-30(39)31(32,33)34)28(38)35-18-23(22-6-4-3-5-7-22)16-21-10-12-25(42-2)13-11-21/h3-15,23-24,27,29,36-37H,16-19H2,1-2H3,(H,35,38)/t23?,24-,27+,29?/m0/s1. The molecule has 0 spiro atoms. The third kappa shape index (κ3) is 8.80. The van der Waals surface area contributed by atoms with Gasteiger partial charge in [-0.15, -0.1) is 0 Å². The molecule has 2 unspecified atom stereocenters. The molecule has 13 heteroatoms. The molecule has 1 aliphatic rings. The second-order valence-corrected chi connectivity index (χ2v) is 12.3. The third-order valence-electron chi connectivity index (χ3n) is 7.38. The zero-order valence-corrected chi connectivity index (χ0v) is 25.0. The lowest BCUT2D eigenvalue weighted by atomic mass is 9.90. The molecule has 0 radical (unpaired) electrons. The van der Waals surface area contributed by atoms with Gasteiger partial charge in [0, 0.05) is 19.0 Å². The SMILES string of the molecule is COc1ccc(CC(CNC(=O)[C@@H]2CNC(OC(=O)C(F)(F)F)[C@H](NS(=O)(=O)c3ccc(C)cc3)C2)c2ccccc2)cc1. The van der Waals surface area contributed by atoms with Crippen LogP contribution in [-0.2, 0) is 30.8 Å². The van der Waals surface area contributed by atoms with E-state index in [2.05, 4.69) is 20.1 Å². The smallest absolute Gasteiger partial charge is 0.490 e. The number of hydrogen-bond acceptors (Lipinski definition) is 7. The Morgan fingerprint density at radius 2 is 1.66 bits per heavy atom. The first-order valence-electron chi connectivity index (χ1n) is 13.9. The number of esters is 1. The van der Waals surface area contributed by atoms with Gasteiger partial charge in [0.1, 0.15) is 5.75 Å². The zero-order chi connectivity index (χ0) is 31.9. The van der Waals surface area contributed by atoms with Gasteiger partial charge in [0.25, 0.3) is 0 Å². The molecule has 44 heavy (non-hydrogen) atoms. The third-order valence-corrected chi connectivity index (χ3v) is 8.88. The molecule has 0 saturated carbocycles. The molecule has 1 saturated heterocycles. The minimum absolute atomic E-state index is 0.110. The van der Waals surface area contributed by atoms with Crippen LogP contribution in [0.4, 0.5) is 13.2 Å². The predicted molar refractivity (Wildman–Crippen MR) is 156 cm³/mol. The average Bonchev–Trinajstić information content (AvgIpc) is 3.00. The monoisotopic (exact) mass is 633 g/mol. The van der Waals surface area contributed by atoms with Crippen LogP contribution in [0.1, 0.15) is 29.0 Å². The summed E-state index contributed by atoms with van der Waals surface area (Å²) >= 11 is 0. The Bertz CT molecular complexity index is 1520. The fourth-order valence-electron chi connectivity index (χ4n) is 4.96. The lowest BCUT2D eigenvalue weighted by molar-refractivity contribution is -0.208. The average molecular weight is 634 g/mol. The number of piperidine rings is 1. The van der Waals surface area contributed by atoms with E-state index in [1.165, 1.54) is 12.1 Å². The van der Waals surface area contributed by atoms with Gasteiger partial charge in [-0.1, -0.05) is 60.2 Å². The number of alkyl halides is 3. The van der Waals surface area contributed by atoms with Crippen molar-refractivity contribution in [3.05, 3.63) is 95.6 Å². The summed E-state index contributed by atoms with van der Waals surface area (Å²) in [6, 6.07) is 21.7. The molecule has 9 nitrogen and oxygen atoms in total. The van der Waals surface area contributed by atoms with Crippen LogP contribution in [0.15, 0.2) is 83.8 Å². The van der Waals surface area contributed by atoms with E-state index in [1.54, 1.807) is 26.2 Å². The Hall–Kier alpha value is -3.94. The van der Waals surface area contributed by atoms with Crippen molar-refractivity contribution in [3.8, 4) is 5.75 Å². The molecular formula is C31H34F3N3O6S. The number of carbonyl (C=O) groups is 2. The summed E-state index contributed by atoms with van der Waals surface area (Å²) in [4.78, 5) is 24.8. The molecule has 0 aliphatic carbocycles. The van der Waals surface area contributed by atoms with E-state index < -0.39 is 46.3 Å². The van der Waals surface area contributed by atoms with Crippen LogP contribution in [-0.4, -0.2) is 58.9 Å². The van der Waals surface area contributed by atoms with E-state index in [4.69, 9.17) is 4.74 Å². The van der Waals surface area contributed by atoms with Gasteiger partial charge in [-0.25, -0.2) is 17.9 Å². The molecule has 1 fully saturated rings. The van der Waals surface area contributed by atoms with Crippen molar-refractivity contribution >= 4 is 21.9 Å². The van der Waals surface area contributed by atoms with E-state index in [0.29, 0.717) is 6.42 Å². The summed E-state index contributed by atoms with van der Waals surface area (Å²) in [5, 5.41) is 5.54. The molecule has 1 heterocycles. The van der Waals surface area contributed by atoms with Crippen LogP contribution in [0.25, 0.3) is 0 Å². The van der Waals surface area contributed by atoms with Gasteiger partial charge < -0.3 is 14.8 Å². The van der Waals surface area contributed by atoms with Gasteiger partial charge >= 0.3 is 12.1 Å². The first kappa shape index (κ1) is 33.0. The molecular weight excluding hydrogens is 599 g/mol. The Morgan fingerprint density at radius 1 is 1.00 bits per heavy atom. The van der Waals surface area contributed by atoms with Crippen molar-refractivity contribution in [3.63, 3.8) is 0 Å². The quantitative estimate of drug-likeness (QED) is 0.275. The molecule has 0 bridgehead atoms. The fourth-order valence-corrected chi connectivity index (χ4v) is 6.21. The number of aryl methyl sites for hydroxylation is 1. The number of ether oxygens (including phenoxy) is 2. The summed E-state index contributed by atoms with van der Waals surface area (Å²) < 4.78 is 77.3. The molecule has 236 valence electrons. The van der Waals surface area contributed by atoms with Crippen LogP contribution in [0.3, 0.4) is 0 Å². The summed E-state index contributed by atoms with van der Waals surface area (Å²) in [5.74, 6) is -3.12. The van der Waals surface area contributed by atoms with Crippen molar-refractivity contribution in [2.24, 2.45) is 5.92 Å². The molecule has 1 amide bonds. The summed E-state index contributed by atoms with van der Waals surface area (Å²) in [6.45, 7) is 1.88. The van der Waals surface area contributed by atoms with Gasteiger partial charge in [0.05, 0.1) is 24.0 Å². The number of amides is 1. The van der Waals surface area contributed by atoms with Crippen LogP contribution in [0, 0.1) is 12.8 Å². The lowest BCUT2D eigenvalue weighted by Gasteiger charge is -2.36. The minimum Gasteiger partial charge on any atom is -0.497 e. The van der Waals surface area contributed by atoms with Gasteiger partial charge in [-0.05, 0) is 55.2 Å². The Morgan fingerprint density at radius 3 is 2.27 bits per heavy atom. The number of benzene rings is 3. The highest BCUT2D eigenvalue weighted by atomic mass is 32.2. The minimum atomic E-state index is -5.29. The second-order valence-electron chi connectivity index (χ2n) is 10.6. The molecule has 0 aromatic heterocycles. The summed E-state index contributed by atoms with van der Waals surface area (Å²) in [7, 11) is -2.65. The van der Waals surface area contributed by atoms with Crippen LogP contribution in [0.2, 0.25) is 0 Å². The number of halogens is 3. The molecule has 4 rings (SSSR count). The maximum Gasteiger partial charge on any atom is 0.490 e. The molecule has 3 aromatic rings. The van der Waals surface area contributed by atoms with Crippen molar-refractivity contribution in [1.82, 2.24) is 15.4 Å². The number of carbonyl (C=O) groups excluding carboxylic acids is 2. The van der Waals surface area contributed by atoms with E-state index in [9.17, 15) is 31.2 Å². The van der Waals surface area contributed by atoms with E-state index in [0.717, 1.165) is 22.4 Å². The molecule has 4 atom stereocenters. The first-order chi connectivity index (χ1) is 20.9. The lowest BCUT2D eigenvalue weighted by Crippen LogP contribution is -2.60. The highest BCUT2D eigenvalue weighted by molar-refractivity contribution is 7.89. The van der Waals surface area contributed by atoms with Crippen molar-refractivity contribution < 1.29 is 40.7 Å². The van der Waals surface area contributed by atoms with E-state index in [-0.39, 0.29) is 30.3 Å². The maximum atomic E-state index is 13.3. The van der Waals surface area contributed by atoms with Crippen LogP contribution >= 0.6 is 0 Å². The predicted octanol–water partition coefficient (Wildman–Crippen LogP) is 3.83. The Kier molecular flexibility index (Phi) is 10.7. The Balaban J connectivity index is 1.48. The highest BCUT2D eigenvalue weighted by Crippen LogP contribution is 2.25. The zero-order valence-electron chi connectivity index (χ0n) is 24.1. The van der Waals surface area contributed by atoms with Gasteiger partial charge in [-0.3, -0.25) is 10.1 Å². The first-order valence-corrected chi connectivity index (χ1v) is 15.4. The van der Waals surface area contributed by atoms with E-state index >= 15 is 0 Å². The Labute approximate surface area is 254 Å². The highest BCUT2D eigenvalue weighted by Gasteiger charge is 2.46. The normalized spacial score (nSPS) is 19.5. The van der Waals surface area contributed by atoms with Crippen LogP contribution < -0.4 is 20.1 Å². The van der Waals surface area contributed by atoms with Gasteiger partial charge in [0.2, 0.25) is 15.9 Å². The van der Waals surface area contributed by atoms with Crippen molar-refractivity contribution in [1.29, 1.82) is 0 Å². The molecule has 3 aromatic carbocycles. The maximum absolute atomic E-state index is 13.3. The fraction of sp³-hybridized carbons (Fsp3) is 0.355. The van der Waals surface area contributed by atoms with Crippen LogP contribution in [0.5, 0.6) is 5.75 Å². The molecule has 1 aliphatic heterocycles. The number of sulfonamides is 1. The van der Waals surface area contributed by atoms with Gasteiger partial charge in [-0.2, -0.15) is 13.2 Å². The number of rotatable bonds is 11. The van der Waals surface area contributed by atoms with Crippen molar-refractivity contribution in [2.45, 2.75) is 49.0 Å². The van der Waals surface area contributed by atoms with Crippen molar-refractivity contribution in [2.75, 3.05) is 20.2 Å². The number of hydrogen-bond donors (Lipinski definition) is 3. The number of methoxy groups -OCH3 is 1. The van der Waals surface area contributed by atoms with Gasteiger partial charge in [0.15, 0.2) is 6.23 Å². The molecule has 3 N–H and O–H groups in total. The summed E-state index contributed by atoms with van der Waals surface area (Å²) in [6.07, 6.45) is -6.55. The number of nitrogens with one attached hydrogen (secondary N) is 3.